The first-order chi connectivity index (χ1) is 28.2. The van der Waals surface area contributed by atoms with Gasteiger partial charge in [-0.15, -0.1) is 0 Å². The number of phosphoric acid groups is 1. The Kier molecular flexibility index (Phi) is 30.8. The fourth-order valence-corrected chi connectivity index (χ4v) is 7.25. The number of nitrogens with zero attached hydrogens (tertiary/aromatic N) is 1. The van der Waals surface area contributed by atoms with Crippen LogP contribution in [0.5, 0.6) is 0 Å². The van der Waals surface area contributed by atoms with Gasteiger partial charge in [0.1, 0.15) is 19.8 Å². The van der Waals surface area contributed by atoms with Gasteiger partial charge in [-0.1, -0.05) is 120 Å². The highest BCUT2D eigenvalue weighted by molar-refractivity contribution is 7.45. The number of allylic oxidation sites excluding steroid dienone is 7. The molecule has 0 aliphatic heterocycles. The highest BCUT2D eigenvalue weighted by atomic mass is 31.2. The van der Waals surface area contributed by atoms with Crippen molar-refractivity contribution in [3.05, 3.63) is 60.8 Å². The van der Waals surface area contributed by atoms with Crippen LogP contribution >= 0.6 is 7.82 Å². The van der Waals surface area contributed by atoms with Crippen LogP contribution < -0.4 is 4.89 Å². The minimum atomic E-state index is -4.73. The molecule has 0 spiro atoms. The third-order valence-corrected chi connectivity index (χ3v) is 11.1. The molecule has 0 radical (unpaired) electrons. The van der Waals surface area contributed by atoms with Gasteiger partial charge in [-0.05, 0) is 63.7 Å². The average Bonchev–Trinajstić information content (AvgIpc) is 3.44. The number of hydrogen-bond acceptors (Lipinski definition) is 11. The van der Waals surface area contributed by atoms with Crippen LogP contribution in [0.15, 0.2) is 60.8 Å². The Morgan fingerprint density at radius 3 is 2.07 bits per heavy atom. The van der Waals surface area contributed by atoms with Crippen LogP contribution in [0.25, 0.3) is 0 Å². The van der Waals surface area contributed by atoms with E-state index < -0.39 is 50.8 Å². The molecule has 1 saturated carbocycles. The topological polar surface area (TPSA) is 172 Å². The highest BCUT2D eigenvalue weighted by Crippen LogP contribution is 2.38. The number of aliphatic hydroxyl groups excluding tert-OH is 3. The number of rotatable bonds is 35. The predicted molar refractivity (Wildman–Crippen MR) is 233 cm³/mol. The van der Waals surface area contributed by atoms with Gasteiger partial charge in [-0.25, -0.2) is 0 Å². The summed E-state index contributed by atoms with van der Waals surface area (Å²) < 4.78 is 33.8. The van der Waals surface area contributed by atoms with Crippen LogP contribution in [-0.2, 0) is 32.7 Å². The molecule has 0 saturated heterocycles. The smallest absolute Gasteiger partial charge is 0.310 e. The lowest BCUT2D eigenvalue weighted by Crippen LogP contribution is -2.37. The van der Waals surface area contributed by atoms with Crippen LogP contribution in [0.1, 0.15) is 136 Å². The molecular weight excluding hydrogens is 773 g/mol. The van der Waals surface area contributed by atoms with Gasteiger partial charge >= 0.3 is 11.9 Å². The molecule has 59 heavy (non-hydrogen) atoms. The van der Waals surface area contributed by atoms with E-state index in [0.29, 0.717) is 30.3 Å². The third kappa shape index (κ3) is 30.3. The maximum atomic E-state index is 12.8. The number of aliphatic hydroxyl groups is 3. The van der Waals surface area contributed by atoms with Crippen molar-refractivity contribution in [3.8, 4) is 0 Å². The molecule has 0 amide bonds. The molecule has 3 N–H and O–H groups in total. The SMILES string of the molecule is CCCCC/C=C\C/C=C\C/C=C\CCCCCCC(=O)OC[C@H](COP(=O)([O-])OCC[N+](C)(C)C)OC(=O)C/C=C\C[C@H]1[C@@H](/C=C/[C@H](O)CCCCC)[C@H](O)C[C@@H]1O. The maximum Gasteiger partial charge on any atom is 0.310 e. The van der Waals surface area contributed by atoms with Gasteiger partial charge in [0.25, 0.3) is 7.82 Å². The zero-order valence-corrected chi connectivity index (χ0v) is 37.9. The molecule has 0 bridgehead atoms. The minimum Gasteiger partial charge on any atom is -0.756 e. The fraction of sp³-hybridized carbons (Fsp3) is 0.739. The lowest BCUT2D eigenvalue weighted by atomic mass is 9.89. The first kappa shape index (κ1) is 54.6. The summed E-state index contributed by atoms with van der Waals surface area (Å²) in [5, 5.41) is 31.4. The molecule has 0 aromatic heterocycles. The van der Waals surface area contributed by atoms with Gasteiger partial charge < -0.3 is 43.2 Å². The number of esters is 2. The molecule has 1 fully saturated rings. The fourth-order valence-electron chi connectivity index (χ4n) is 6.52. The van der Waals surface area contributed by atoms with E-state index in [1.165, 1.54) is 19.3 Å². The number of hydrogen-bond donors (Lipinski definition) is 3. The molecule has 7 atom stereocenters. The van der Waals surface area contributed by atoms with Crippen LogP contribution in [-0.4, -0.2) is 104 Å². The van der Waals surface area contributed by atoms with Crippen molar-refractivity contribution in [2.45, 2.75) is 160 Å². The van der Waals surface area contributed by atoms with Crippen molar-refractivity contribution < 1.29 is 57.4 Å². The van der Waals surface area contributed by atoms with E-state index in [-0.39, 0.29) is 44.3 Å². The number of carbonyl (C=O) groups is 2. The van der Waals surface area contributed by atoms with Crippen LogP contribution in [0.4, 0.5) is 0 Å². The van der Waals surface area contributed by atoms with Crippen molar-refractivity contribution >= 4 is 19.8 Å². The number of carbonyl (C=O) groups excluding carboxylic acids is 2. The quantitative estimate of drug-likeness (QED) is 0.0185. The van der Waals surface area contributed by atoms with Crippen LogP contribution in [0.3, 0.4) is 0 Å². The van der Waals surface area contributed by atoms with Crippen LogP contribution in [0.2, 0.25) is 0 Å². The Bertz CT molecular complexity index is 1310. The molecule has 340 valence electrons. The average molecular weight is 854 g/mol. The second-order valence-corrected chi connectivity index (χ2v) is 18.1. The second kappa shape index (κ2) is 33.2. The van der Waals surface area contributed by atoms with Crippen LogP contribution in [0, 0.1) is 11.8 Å². The van der Waals surface area contributed by atoms with Crippen molar-refractivity contribution in [3.63, 3.8) is 0 Å². The number of unbranched alkanes of at least 4 members (excludes halogenated alkanes) is 9. The normalized spacial score (nSPS) is 21.0. The summed E-state index contributed by atoms with van der Waals surface area (Å²) in [6.07, 6.45) is 32.3. The Hall–Kier alpha value is -2.41. The van der Waals surface area contributed by atoms with Gasteiger partial charge in [0, 0.05) is 18.8 Å². The van der Waals surface area contributed by atoms with E-state index in [1.54, 1.807) is 24.3 Å². The van der Waals surface area contributed by atoms with Gasteiger partial charge in [-0.3, -0.25) is 14.2 Å². The lowest BCUT2D eigenvalue weighted by molar-refractivity contribution is -0.870. The number of likely N-dealkylation sites (N-methyl/N-ethyl adjacent to an activating group) is 1. The monoisotopic (exact) mass is 854 g/mol. The Morgan fingerprint density at radius 1 is 0.780 bits per heavy atom. The summed E-state index contributed by atoms with van der Waals surface area (Å²) in [7, 11) is 0.947. The molecule has 0 aromatic rings. The molecule has 13 heteroatoms. The number of quaternary nitrogens is 1. The van der Waals surface area contributed by atoms with E-state index in [4.69, 9.17) is 18.5 Å². The van der Waals surface area contributed by atoms with E-state index >= 15 is 0 Å². The summed E-state index contributed by atoms with van der Waals surface area (Å²) in [5.41, 5.74) is 0. The van der Waals surface area contributed by atoms with Crippen molar-refractivity contribution in [1.29, 1.82) is 0 Å². The molecule has 0 aromatic carbocycles. The molecule has 1 aliphatic rings. The highest BCUT2D eigenvalue weighted by Gasteiger charge is 2.39. The number of phosphoric ester groups is 1. The van der Waals surface area contributed by atoms with Gasteiger partial charge in [0.2, 0.25) is 0 Å². The van der Waals surface area contributed by atoms with Gasteiger partial charge in [-0.2, -0.15) is 0 Å². The first-order valence-electron chi connectivity index (χ1n) is 22.3. The largest absolute Gasteiger partial charge is 0.756 e. The zero-order chi connectivity index (χ0) is 43.8. The summed E-state index contributed by atoms with van der Waals surface area (Å²) in [4.78, 5) is 37.8. The summed E-state index contributed by atoms with van der Waals surface area (Å²) in [6.45, 7) is 3.66. The number of ether oxygens (including phenoxy) is 2. The zero-order valence-electron chi connectivity index (χ0n) is 37.0. The van der Waals surface area contributed by atoms with E-state index in [9.17, 15) is 34.4 Å². The molecule has 1 aliphatic carbocycles. The van der Waals surface area contributed by atoms with E-state index in [1.807, 2.05) is 21.1 Å². The summed E-state index contributed by atoms with van der Waals surface area (Å²) in [6, 6.07) is 0. The Labute approximate surface area is 356 Å². The molecule has 12 nitrogen and oxygen atoms in total. The molecular formula is C46H80NO11P. The van der Waals surface area contributed by atoms with Gasteiger partial charge in [0.15, 0.2) is 6.10 Å². The van der Waals surface area contributed by atoms with Gasteiger partial charge in [0.05, 0.1) is 52.5 Å². The van der Waals surface area contributed by atoms with E-state index in [0.717, 1.165) is 64.2 Å². The molecule has 1 rings (SSSR count). The summed E-state index contributed by atoms with van der Waals surface area (Å²) in [5.74, 6) is -1.81. The maximum absolute atomic E-state index is 12.8. The van der Waals surface area contributed by atoms with E-state index in [2.05, 4.69) is 50.3 Å². The van der Waals surface area contributed by atoms with Crippen molar-refractivity contribution in [2.24, 2.45) is 11.8 Å². The Morgan fingerprint density at radius 2 is 1.41 bits per heavy atom. The van der Waals surface area contributed by atoms with Crippen molar-refractivity contribution in [2.75, 3.05) is 47.5 Å². The lowest BCUT2D eigenvalue weighted by Gasteiger charge is -2.28. The summed E-state index contributed by atoms with van der Waals surface area (Å²) >= 11 is 0. The van der Waals surface area contributed by atoms with Crippen molar-refractivity contribution in [1.82, 2.24) is 0 Å². The standard InChI is InChI=1S/C46H80NO11P/c1-6-8-10-11-12-13-14-15-16-17-18-19-20-21-22-23-25-30-45(51)55-37-40(38-57-59(53,54)56-35-34-47(3,4)5)58-46(52)31-27-26-29-41-42(44(50)36-43(41)49)33-32-39(48)28-24-9-7-2/h12-13,15-16,18-19,26-27,32-33,39-44,48-50H,6-11,14,17,20-25,28-31,34-38H2,1-5H3/b13-12-,16-15-,19-18-,27-26-,33-32+/t39-,40-,41+,42-,43+,44-/m1/s1. The third-order valence-electron chi connectivity index (χ3n) is 10.1. The Balaban J connectivity index is 2.57. The second-order valence-electron chi connectivity index (χ2n) is 16.7. The first-order valence-corrected chi connectivity index (χ1v) is 23.7. The molecule has 0 heterocycles. The predicted octanol–water partition coefficient (Wildman–Crippen LogP) is 8.21. The minimum absolute atomic E-state index is 0.0948. The molecule has 1 unspecified atom stereocenters.